The van der Waals surface area contributed by atoms with Gasteiger partial charge in [0.15, 0.2) is 5.83 Å². The molecule has 0 aliphatic heterocycles. The lowest BCUT2D eigenvalue weighted by atomic mass is 10.1. The van der Waals surface area contributed by atoms with Crippen molar-refractivity contribution in [2.75, 3.05) is 0 Å². The molecule has 4 heteroatoms. The molecule has 0 atom stereocenters. The zero-order valence-corrected chi connectivity index (χ0v) is 9.44. The average molecular weight is 227 g/mol. The monoisotopic (exact) mass is 227 g/mol. The molecule has 1 saturated carbocycles. The van der Waals surface area contributed by atoms with Gasteiger partial charge in [-0.2, -0.15) is 0 Å². The number of amides is 1. The van der Waals surface area contributed by atoms with E-state index < -0.39 is 11.7 Å². The molecule has 1 aliphatic rings. The summed E-state index contributed by atoms with van der Waals surface area (Å²) in [5, 5.41) is 2.54. The number of hydrogen-bond acceptors (Lipinski definition) is 1. The van der Waals surface area contributed by atoms with E-state index in [0.717, 1.165) is 25.8 Å². The van der Waals surface area contributed by atoms with Crippen molar-refractivity contribution in [3.05, 3.63) is 36.1 Å². The predicted octanol–water partition coefficient (Wildman–Crippen LogP) is 3.14. The normalized spacial score (nSPS) is 19.2. The topological polar surface area (TPSA) is 29.1 Å². The highest BCUT2D eigenvalue weighted by atomic mass is 19.2. The van der Waals surface area contributed by atoms with Crippen molar-refractivity contribution < 1.29 is 13.6 Å². The van der Waals surface area contributed by atoms with Crippen LogP contribution in [0, 0.1) is 5.41 Å². The third kappa shape index (κ3) is 3.29. The molecule has 0 unspecified atom stereocenters. The molecule has 1 aliphatic carbocycles. The number of carbonyl (C=O) groups is 1. The van der Waals surface area contributed by atoms with Crippen LogP contribution >= 0.6 is 0 Å². The van der Waals surface area contributed by atoms with Gasteiger partial charge in [0.05, 0.1) is 0 Å². The largest absolute Gasteiger partial charge is 0.326 e. The summed E-state index contributed by atoms with van der Waals surface area (Å²) in [7, 11) is 0. The lowest BCUT2D eigenvalue weighted by Gasteiger charge is -2.09. The van der Waals surface area contributed by atoms with Crippen molar-refractivity contribution in [1.82, 2.24) is 5.32 Å². The van der Waals surface area contributed by atoms with Gasteiger partial charge in [-0.15, -0.1) is 0 Å². The molecule has 1 N–H and O–H groups in total. The van der Waals surface area contributed by atoms with Gasteiger partial charge in [-0.25, -0.2) is 8.78 Å². The van der Waals surface area contributed by atoms with Gasteiger partial charge in [-0.05, 0) is 31.9 Å². The quantitative estimate of drug-likeness (QED) is 0.734. The van der Waals surface area contributed by atoms with Crippen molar-refractivity contribution in [3.8, 4) is 0 Å². The van der Waals surface area contributed by atoms with Gasteiger partial charge in [-0.3, -0.25) is 4.79 Å². The van der Waals surface area contributed by atoms with Crippen molar-refractivity contribution in [2.45, 2.75) is 26.7 Å². The predicted molar refractivity (Wildman–Crippen MR) is 58.7 cm³/mol. The summed E-state index contributed by atoms with van der Waals surface area (Å²) in [5.74, 6) is -1.99. The van der Waals surface area contributed by atoms with Crippen molar-refractivity contribution in [1.29, 1.82) is 0 Å². The second-order valence-corrected chi connectivity index (χ2v) is 4.25. The van der Waals surface area contributed by atoms with Crippen LogP contribution in [0.3, 0.4) is 0 Å². The fourth-order valence-corrected chi connectivity index (χ4v) is 1.04. The highest BCUT2D eigenvalue weighted by Crippen LogP contribution is 2.45. The zero-order chi connectivity index (χ0) is 12.3. The number of carbonyl (C=O) groups excluding carboxylic acids is 1. The SMILES string of the molecule is C=C(/C=C\C(F)=C(/C)F)NC(=O)C1(C)CC1. The first-order chi connectivity index (χ1) is 7.35. The molecule has 0 spiro atoms. The number of halogens is 2. The Morgan fingerprint density at radius 1 is 1.38 bits per heavy atom. The highest BCUT2D eigenvalue weighted by molar-refractivity contribution is 5.86. The number of allylic oxidation sites excluding steroid dienone is 4. The molecule has 1 fully saturated rings. The second kappa shape index (κ2) is 4.60. The van der Waals surface area contributed by atoms with E-state index in [1.165, 1.54) is 6.08 Å². The van der Waals surface area contributed by atoms with E-state index in [1.807, 2.05) is 6.92 Å². The first-order valence-corrected chi connectivity index (χ1v) is 5.05. The Hall–Kier alpha value is -1.45. The minimum atomic E-state index is -0.965. The Kier molecular flexibility index (Phi) is 3.62. The van der Waals surface area contributed by atoms with Crippen LogP contribution in [-0.4, -0.2) is 5.91 Å². The fraction of sp³-hybridized carbons (Fsp3) is 0.417. The summed E-state index contributed by atoms with van der Waals surface area (Å²) in [6.07, 6.45) is 3.89. The molecule has 88 valence electrons. The molecule has 1 amide bonds. The Morgan fingerprint density at radius 2 is 1.94 bits per heavy atom. The van der Waals surface area contributed by atoms with Crippen molar-refractivity contribution >= 4 is 5.91 Å². The summed E-state index contributed by atoms with van der Waals surface area (Å²) < 4.78 is 25.1. The molecule has 0 saturated heterocycles. The molecule has 0 bridgehead atoms. The number of nitrogens with one attached hydrogen (secondary N) is 1. The van der Waals surface area contributed by atoms with Gasteiger partial charge in [0, 0.05) is 11.1 Å². The first-order valence-electron chi connectivity index (χ1n) is 5.05. The van der Waals surface area contributed by atoms with E-state index in [9.17, 15) is 13.6 Å². The lowest BCUT2D eigenvalue weighted by Crippen LogP contribution is -2.28. The van der Waals surface area contributed by atoms with Crippen LogP contribution in [0.15, 0.2) is 36.1 Å². The maximum Gasteiger partial charge on any atom is 0.230 e. The van der Waals surface area contributed by atoms with Crippen LogP contribution in [0.2, 0.25) is 0 Å². The van der Waals surface area contributed by atoms with E-state index in [2.05, 4.69) is 11.9 Å². The van der Waals surface area contributed by atoms with Crippen LogP contribution in [0.25, 0.3) is 0 Å². The van der Waals surface area contributed by atoms with E-state index in [4.69, 9.17) is 0 Å². The molecular formula is C12H15F2NO. The van der Waals surface area contributed by atoms with Gasteiger partial charge < -0.3 is 5.32 Å². The molecule has 0 heterocycles. The smallest absolute Gasteiger partial charge is 0.230 e. The minimum absolute atomic E-state index is 0.122. The van der Waals surface area contributed by atoms with Gasteiger partial charge in [0.1, 0.15) is 5.83 Å². The van der Waals surface area contributed by atoms with Gasteiger partial charge in [0.25, 0.3) is 0 Å². The second-order valence-electron chi connectivity index (χ2n) is 4.25. The summed E-state index contributed by atoms with van der Waals surface area (Å²) in [4.78, 5) is 11.5. The maximum atomic E-state index is 12.7. The van der Waals surface area contributed by atoms with Crippen LogP contribution in [-0.2, 0) is 4.79 Å². The summed E-state index contributed by atoms with van der Waals surface area (Å²) in [6, 6.07) is 0. The van der Waals surface area contributed by atoms with E-state index in [0.29, 0.717) is 0 Å². The molecule has 2 nitrogen and oxygen atoms in total. The highest BCUT2D eigenvalue weighted by Gasteiger charge is 2.44. The fourth-order valence-electron chi connectivity index (χ4n) is 1.04. The van der Waals surface area contributed by atoms with Crippen LogP contribution in [0.4, 0.5) is 8.78 Å². The third-order valence-electron chi connectivity index (χ3n) is 2.58. The number of rotatable bonds is 4. The van der Waals surface area contributed by atoms with Gasteiger partial charge in [0.2, 0.25) is 5.91 Å². The van der Waals surface area contributed by atoms with E-state index in [-0.39, 0.29) is 17.0 Å². The van der Waals surface area contributed by atoms with Crippen LogP contribution < -0.4 is 5.32 Å². The molecule has 0 aromatic carbocycles. The van der Waals surface area contributed by atoms with Gasteiger partial charge in [-0.1, -0.05) is 13.5 Å². The first kappa shape index (κ1) is 12.6. The number of hydrogen-bond donors (Lipinski definition) is 1. The van der Waals surface area contributed by atoms with E-state index >= 15 is 0 Å². The Balaban J connectivity index is 2.48. The lowest BCUT2D eigenvalue weighted by molar-refractivity contribution is -0.124. The Bertz CT molecular complexity index is 374. The van der Waals surface area contributed by atoms with Crippen molar-refractivity contribution in [3.63, 3.8) is 0 Å². The van der Waals surface area contributed by atoms with Gasteiger partial charge >= 0.3 is 0 Å². The van der Waals surface area contributed by atoms with Crippen LogP contribution in [0.5, 0.6) is 0 Å². The third-order valence-corrected chi connectivity index (χ3v) is 2.58. The van der Waals surface area contributed by atoms with E-state index in [1.54, 1.807) is 0 Å². The standard InChI is InChI=1S/C12H15F2NO/c1-8(4-5-10(14)9(2)13)15-11(16)12(3)6-7-12/h4-5H,1,6-7H2,2-3H3,(H,15,16)/b5-4-,10-9-. The molecule has 16 heavy (non-hydrogen) atoms. The Morgan fingerprint density at radius 3 is 2.38 bits per heavy atom. The summed E-state index contributed by atoms with van der Waals surface area (Å²) in [5.41, 5.74) is -0.0456. The van der Waals surface area contributed by atoms with Crippen molar-refractivity contribution in [2.24, 2.45) is 5.41 Å². The summed E-state index contributed by atoms with van der Waals surface area (Å²) in [6.45, 7) is 6.41. The molecule has 0 aromatic rings. The maximum absolute atomic E-state index is 12.7. The molecule has 0 radical (unpaired) electrons. The molecule has 0 aromatic heterocycles. The minimum Gasteiger partial charge on any atom is -0.326 e. The summed E-state index contributed by atoms with van der Waals surface area (Å²) >= 11 is 0. The van der Waals surface area contributed by atoms with Crippen LogP contribution in [0.1, 0.15) is 26.7 Å². The molecular weight excluding hydrogens is 212 g/mol. The zero-order valence-electron chi connectivity index (χ0n) is 9.44. The average Bonchev–Trinajstić information content (AvgIpc) is 2.94. The Labute approximate surface area is 93.7 Å². The molecule has 1 rings (SSSR count).